The highest BCUT2D eigenvalue weighted by Crippen LogP contribution is 2.36. The van der Waals surface area contributed by atoms with Gasteiger partial charge in [0.05, 0.1) is 6.20 Å². The average molecular weight is 267 g/mol. The molecule has 1 saturated carbocycles. The van der Waals surface area contributed by atoms with Gasteiger partial charge in [0.15, 0.2) is 0 Å². The number of nitrogens with zero attached hydrogens (tertiary/aromatic N) is 2. The van der Waals surface area contributed by atoms with Crippen molar-refractivity contribution in [3.05, 3.63) is 60.0 Å². The molecule has 4 heteroatoms. The molecule has 1 aliphatic rings. The second-order valence-corrected chi connectivity index (χ2v) is 5.09. The number of nitrogens with one attached hydrogen (secondary N) is 1. The number of rotatable bonds is 3. The van der Waals surface area contributed by atoms with Crippen LogP contribution >= 0.6 is 0 Å². The zero-order valence-electron chi connectivity index (χ0n) is 10.9. The van der Waals surface area contributed by atoms with Crippen LogP contribution < -0.4 is 5.32 Å². The Morgan fingerprint density at radius 2 is 1.90 bits per heavy atom. The molecule has 0 radical (unpaired) electrons. The summed E-state index contributed by atoms with van der Waals surface area (Å²) in [4.78, 5) is 7.54. The topological polar surface area (TPSA) is 29.3 Å². The molecule has 100 valence electrons. The molecule has 3 nitrogen and oxygen atoms in total. The van der Waals surface area contributed by atoms with Crippen molar-refractivity contribution in [1.29, 1.82) is 0 Å². The van der Waals surface area contributed by atoms with Gasteiger partial charge in [0.25, 0.3) is 0 Å². The zero-order valence-corrected chi connectivity index (χ0v) is 10.9. The number of anilines is 1. The molecule has 1 heterocycles. The van der Waals surface area contributed by atoms with Gasteiger partial charge in [-0.1, -0.05) is 12.1 Å². The van der Waals surface area contributed by atoms with Gasteiger partial charge in [-0.05, 0) is 30.2 Å². The van der Waals surface area contributed by atoms with E-state index in [1.807, 2.05) is 24.3 Å². The fourth-order valence-corrected chi connectivity index (χ4v) is 2.36. The van der Waals surface area contributed by atoms with Crippen molar-refractivity contribution in [2.45, 2.75) is 24.9 Å². The third-order valence-corrected chi connectivity index (χ3v) is 3.69. The van der Waals surface area contributed by atoms with Gasteiger partial charge < -0.3 is 5.32 Å². The lowest BCUT2D eigenvalue weighted by atomic mass is 9.85. The van der Waals surface area contributed by atoms with Crippen LogP contribution in [-0.4, -0.2) is 10.6 Å². The van der Waals surface area contributed by atoms with E-state index in [1.54, 1.807) is 6.20 Å². The lowest BCUT2D eigenvalue weighted by molar-refractivity contribution is 0.343. The van der Waals surface area contributed by atoms with Gasteiger partial charge in [-0.3, -0.25) is 9.83 Å². The third kappa shape index (κ3) is 2.35. The third-order valence-electron chi connectivity index (χ3n) is 3.69. The summed E-state index contributed by atoms with van der Waals surface area (Å²) in [6.07, 6.45) is 5.72. The molecule has 0 aliphatic heterocycles. The van der Waals surface area contributed by atoms with Gasteiger partial charge in [0.2, 0.25) is 0 Å². The van der Waals surface area contributed by atoms with Crippen molar-refractivity contribution in [2.75, 3.05) is 5.32 Å². The molecular weight excluding hydrogens is 253 g/mol. The fraction of sp³-hybridized carbons (Fsp3) is 0.250. The van der Waals surface area contributed by atoms with Crippen molar-refractivity contribution in [3.8, 4) is 11.1 Å². The zero-order chi connectivity index (χ0) is 14.0. The average Bonchev–Trinajstić information content (AvgIpc) is 2.44. The fourth-order valence-electron chi connectivity index (χ4n) is 2.36. The maximum absolute atomic E-state index is 13.1. The van der Waals surface area contributed by atoms with Gasteiger partial charge in [0, 0.05) is 30.3 Å². The minimum Gasteiger partial charge on any atom is -0.314 e. The van der Waals surface area contributed by atoms with Crippen LogP contribution in [0.5, 0.6) is 0 Å². The van der Waals surface area contributed by atoms with Crippen LogP contribution in [0.25, 0.3) is 16.0 Å². The van der Waals surface area contributed by atoms with Crippen molar-refractivity contribution in [3.63, 3.8) is 0 Å². The first kappa shape index (κ1) is 12.6. The van der Waals surface area contributed by atoms with E-state index in [0.29, 0.717) is 0 Å². The molecule has 3 rings (SSSR count). The van der Waals surface area contributed by atoms with E-state index >= 15 is 0 Å². The summed E-state index contributed by atoms with van der Waals surface area (Å²) in [5, 5.41) is 3.29. The molecule has 1 aromatic carbocycles. The first-order valence-corrected chi connectivity index (χ1v) is 6.59. The van der Waals surface area contributed by atoms with Crippen LogP contribution in [0.2, 0.25) is 0 Å². The molecule has 0 spiro atoms. The number of hydrogen-bond acceptors (Lipinski definition) is 2. The number of hydrogen-bond donors (Lipinski definition) is 1. The largest absolute Gasteiger partial charge is 0.314 e. The van der Waals surface area contributed by atoms with Crippen LogP contribution in [-0.2, 0) is 0 Å². The molecular formula is C16H14FN3. The van der Waals surface area contributed by atoms with E-state index in [0.717, 1.165) is 36.1 Å². The maximum atomic E-state index is 13.1. The van der Waals surface area contributed by atoms with Crippen LogP contribution in [0.4, 0.5) is 10.1 Å². The number of pyridine rings is 1. The Balaban J connectivity index is 1.80. The van der Waals surface area contributed by atoms with Crippen molar-refractivity contribution in [2.24, 2.45) is 0 Å². The summed E-state index contributed by atoms with van der Waals surface area (Å²) < 4.78 is 13.1. The predicted octanol–water partition coefficient (Wildman–Crippen LogP) is 4.10. The second kappa shape index (κ2) is 4.93. The molecule has 1 N–H and O–H groups in total. The second-order valence-electron chi connectivity index (χ2n) is 5.09. The van der Waals surface area contributed by atoms with Gasteiger partial charge >= 0.3 is 5.66 Å². The van der Waals surface area contributed by atoms with E-state index in [2.05, 4.69) is 15.1 Å². The Labute approximate surface area is 117 Å². The minimum atomic E-state index is -0.415. The van der Waals surface area contributed by atoms with E-state index in [9.17, 15) is 4.39 Å². The first-order valence-electron chi connectivity index (χ1n) is 6.59. The van der Waals surface area contributed by atoms with Gasteiger partial charge in [-0.2, -0.15) is 0 Å². The van der Waals surface area contributed by atoms with Crippen molar-refractivity contribution < 1.29 is 4.39 Å². The van der Waals surface area contributed by atoms with Crippen LogP contribution in [0.15, 0.2) is 42.7 Å². The van der Waals surface area contributed by atoms with Crippen molar-refractivity contribution in [1.82, 2.24) is 4.98 Å². The molecule has 0 unspecified atom stereocenters. The van der Waals surface area contributed by atoms with Gasteiger partial charge in [0.1, 0.15) is 5.82 Å². The molecule has 1 aliphatic carbocycles. The lowest BCUT2D eigenvalue weighted by Crippen LogP contribution is -2.41. The normalized spacial score (nSPS) is 16.0. The standard InChI is InChI=1S/C16H14FN3/c1-18-16(7-2-8-16)20-15-5-3-12(4-6-15)13-9-14(17)11-19-10-13/h3-6,9-11,20H,2,7-8H2. The Bertz CT molecular complexity index is 654. The molecule has 1 aromatic heterocycles. The van der Waals surface area contributed by atoms with Crippen LogP contribution in [0.3, 0.4) is 0 Å². The molecule has 0 saturated heterocycles. The Kier molecular flexibility index (Phi) is 3.11. The van der Waals surface area contributed by atoms with Gasteiger partial charge in [-0.25, -0.2) is 11.0 Å². The summed E-state index contributed by atoms with van der Waals surface area (Å²) in [6.45, 7) is 7.27. The molecule has 20 heavy (non-hydrogen) atoms. The number of aromatic nitrogens is 1. The predicted molar refractivity (Wildman–Crippen MR) is 76.4 cm³/mol. The molecule has 0 amide bonds. The lowest BCUT2D eigenvalue weighted by Gasteiger charge is -2.31. The Hall–Kier alpha value is -2.41. The minimum absolute atomic E-state index is 0.342. The van der Waals surface area contributed by atoms with E-state index < -0.39 is 5.66 Å². The Morgan fingerprint density at radius 1 is 1.15 bits per heavy atom. The van der Waals surface area contributed by atoms with Crippen LogP contribution in [0, 0.1) is 12.4 Å². The van der Waals surface area contributed by atoms with E-state index in [-0.39, 0.29) is 5.82 Å². The molecule has 1 fully saturated rings. The highest BCUT2D eigenvalue weighted by Gasteiger charge is 2.43. The SMILES string of the molecule is [C-]#[N+]C1(Nc2ccc(-c3cncc(F)c3)cc2)CCC1. The summed E-state index contributed by atoms with van der Waals surface area (Å²) >= 11 is 0. The summed E-state index contributed by atoms with van der Waals surface area (Å²) in [5.41, 5.74) is 2.17. The smallest absolute Gasteiger partial charge is 0.305 e. The number of halogens is 1. The molecule has 0 atom stereocenters. The van der Waals surface area contributed by atoms with E-state index in [4.69, 9.17) is 6.57 Å². The van der Waals surface area contributed by atoms with Crippen LogP contribution in [0.1, 0.15) is 19.3 Å². The van der Waals surface area contributed by atoms with Gasteiger partial charge in [-0.15, -0.1) is 0 Å². The first-order chi connectivity index (χ1) is 9.71. The highest BCUT2D eigenvalue weighted by molar-refractivity contribution is 5.65. The molecule has 0 bridgehead atoms. The monoisotopic (exact) mass is 267 g/mol. The highest BCUT2D eigenvalue weighted by atomic mass is 19.1. The van der Waals surface area contributed by atoms with Crippen molar-refractivity contribution >= 4 is 5.69 Å². The summed E-state index contributed by atoms with van der Waals surface area (Å²) in [6, 6.07) is 9.13. The number of benzene rings is 1. The Morgan fingerprint density at radius 3 is 2.45 bits per heavy atom. The summed E-state index contributed by atoms with van der Waals surface area (Å²) in [7, 11) is 0. The van der Waals surface area contributed by atoms with E-state index in [1.165, 1.54) is 12.3 Å². The maximum Gasteiger partial charge on any atom is 0.305 e. The summed E-state index contributed by atoms with van der Waals surface area (Å²) in [5.74, 6) is -0.342. The quantitative estimate of drug-likeness (QED) is 0.848. The molecule has 2 aromatic rings.